The lowest BCUT2D eigenvalue weighted by atomic mass is 9.66. The van der Waals surface area contributed by atoms with Gasteiger partial charge < -0.3 is 15.2 Å². The van der Waals surface area contributed by atoms with Gasteiger partial charge in [0.25, 0.3) is 0 Å². The number of benzene rings is 2. The Morgan fingerprint density at radius 1 is 1.13 bits per heavy atom. The van der Waals surface area contributed by atoms with E-state index in [2.05, 4.69) is 22.3 Å². The lowest BCUT2D eigenvalue weighted by Gasteiger charge is -2.52. The Labute approximate surface area is 179 Å². The summed E-state index contributed by atoms with van der Waals surface area (Å²) in [4.78, 5) is 15.1. The normalized spacial score (nSPS) is 26.6. The number of likely N-dealkylation sites (tertiary alicyclic amines) is 1. The van der Waals surface area contributed by atoms with Crippen LogP contribution in [-0.2, 0) is 4.79 Å². The summed E-state index contributed by atoms with van der Waals surface area (Å²) in [5.74, 6) is 0.941. The van der Waals surface area contributed by atoms with Crippen LogP contribution in [0, 0.1) is 12.8 Å². The first-order valence-corrected chi connectivity index (χ1v) is 11.0. The van der Waals surface area contributed by atoms with Crippen molar-refractivity contribution in [1.82, 2.24) is 4.90 Å². The number of methoxy groups -OCH3 is 1. The van der Waals surface area contributed by atoms with Crippen molar-refractivity contribution in [3.8, 4) is 5.75 Å². The molecule has 3 atom stereocenters. The molecule has 1 saturated carbocycles. The highest BCUT2D eigenvalue weighted by atomic mass is 16.5. The molecule has 1 amide bonds. The van der Waals surface area contributed by atoms with E-state index in [-0.39, 0.29) is 17.9 Å². The third-order valence-corrected chi connectivity index (χ3v) is 6.81. The third kappa shape index (κ3) is 4.37. The molecule has 1 heterocycles. The van der Waals surface area contributed by atoms with Gasteiger partial charge in [0.15, 0.2) is 0 Å². The van der Waals surface area contributed by atoms with Gasteiger partial charge in [0.1, 0.15) is 5.75 Å². The van der Waals surface area contributed by atoms with Gasteiger partial charge in [0, 0.05) is 24.2 Å². The molecule has 5 heteroatoms. The van der Waals surface area contributed by atoms with Crippen LogP contribution in [0.5, 0.6) is 5.75 Å². The Balaban J connectivity index is 1.56. The van der Waals surface area contributed by atoms with Gasteiger partial charge in [-0.15, -0.1) is 0 Å². The summed E-state index contributed by atoms with van der Waals surface area (Å²) >= 11 is 0. The van der Waals surface area contributed by atoms with Gasteiger partial charge in [-0.05, 0) is 56.0 Å². The number of amides is 1. The molecule has 1 aliphatic carbocycles. The highest BCUT2D eigenvalue weighted by Gasteiger charge is 2.49. The van der Waals surface area contributed by atoms with E-state index >= 15 is 0 Å². The average molecular weight is 409 g/mol. The molecule has 160 valence electrons. The van der Waals surface area contributed by atoms with Gasteiger partial charge in [0.2, 0.25) is 5.91 Å². The quantitative estimate of drug-likeness (QED) is 0.774. The molecule has 1 aliphatic heterocycles. The van der Waals surface area contributed by atoms with Crippen LogP contribution in [0.1, 0.15) is 49.3 Å². The molecule has 0 bridgehead atoms. The number of carbonyl (C=O) groups is 1. The number of rotatable bonds is 5. The lowest BCUT2D eigenvalue weighted by Crippen LogP contribution is -2.56. The maximum absolute atomic E-state index is 12.8. The number of aryl methyl sites for hydroxylation is 1. The highest BCUT2D eigenvalue weighted by molar-refractivity contribution is 5.92. The predicted octanol–water partition coefficient (Wildman–Crippen LogP) is 4.31. The fourth-order valence-corrected chi connectivity index (χ4v) is 5.19. The van der Waals surface area contributed by atoms with Crippen LogP contribution < -0.4 is 10.1 Å². The van der Waals surface area contributed by atoms with Crippen molar-refractivity contribution in [3.63, 3.8) is 0 Å². The molecule has 2 N–H and O–H groups in total. The maximum atomic E-state index is 12.8. The number of carbonyl (C=O) groups excluding carboxylic acids is 1. The number of nitrogens with one attached hydrogen (secondary N) is 1. The summed E-state index contributed by atoms with van der Waals surface area (Å²) in [6.07, 6.45) is 4.78. The molecule has 2 aromatic carbocycles. The van der Waals surface area contributed by atoms with Crippen LogP contribution in [-0.4, -0.2) is 41.7 Å². The molecular formula is C25H32N2O3. The molecular weight excluding hydrogens is 376 g/mol. The summed E-state index contributed by atoms with van der Waals surface area (Å²) in [6.45, 7) is 3.06. The van der Waals surface area contributed by atoms with E-state index in [4.69, 9.17) is 4.74 Å². The highest BCUT2D eigenvalue weighted by Crippen LogP contribution is 2.49. The number of fused-ring (bicyclic) bond motifs is 1. The molecule has 0 unspecified atom stereocenters. The average Bonchev–Trinajstić information content (AvgIpc) is 2.75. The fraction of sp³-hybridized carbons (Fsp3) is 0.480. The Kier molecular flexibility index (Phi) is 6.11. The lowest BCUT2D eigenvalue weighted by molar-refractivity contribution is -0.135. The molecule has 1 saturated heterocycles. The van der Waals surface area contributed by atoms with Crippen LogP contribution in [0.15, 0.2) is 48.5 Å². The molecule has 0 radical (unpaired) electrons. The van der Waals surface area contributed by atoms with Gasteiger partial charge in [-0.3, -0.25) is 9.69 Å². The first kappa shape index (κ1) is 20.9. The Morgan fingerprint density at radius 2 is 1.87 bits per heavy atom. The van der Waals surface area contributed by atoms with Crippen molar-refractivity contribution in [3.05, 3.63) is 59.7 Å². The van der Waals surface area contributed by atoms with Crippen LogP contribution in [0.3, 0.4) is 0 Å². The first-order chi connectivity index (χ1) is 14.5. The summed E-state index contributed by atoms with van der Waals surface area (Å²) in [7, 11) is 1.66. The zero-order valence-electron chi connectivity index (χ0n) is 17.9. The molecule has 2 aromatic rings. The Morgan fingerprint density at radius 3 is 2.57 bits per heavy atom. The minimum atomic E-state index is -0.632. The molecule has 2 aliphatic rings. The van der Waals surface area contributed by atoms with Gasteiger partial charge >= 0.3 is 0 Å². The zero-order valence-corrected chi connectivity index (χ0v) is 17.9. The number of aliphatic hydroxyl groups is 1. The van der Waals surface area contributed by atoms with Crippen LogP contribution in [0.2, 0.25) is 0 Å². The van der Waals surface area contributed by atoms with E-state index in [9.17, 15) is 9.90 Å². The summed E-state index contributed by atoms with van der Waals surface area (Å²) in [6, 6.07) is 16.0. The smallest absolute Gasteiger partial charge is 0.238 e. The van der Waals surface area contributed by atoms with E-state index in [1.165, 1.54) is 5.56 Å². The van der Waals surface area contributed by atoms with Crippen molar-refractivity contribution in [1.29, 1.82) is 0 Å². The second-order valence-electron chi connectivity index (χ2n) is 8.81. The number of anilines is 1. The zero-order chi connectivity index (χ0) is 21.1. The summed E-state index contributed by atoms with van der Waals surface area (Å²) in [5.41, 5.74) is 2.49. The summed E-state index contributed by atoms with van der Waals surface area (Å²) in [5, 5.41) is 14.4. The molecule has 30 heavy (non-hydrogen) atoms. The molecule has 2 fully saturated rings. The van der Waals surface area contributed by atoms with Gasteiger partial charge in [0.05, 0.1) is 19.3 Å². The Hall–Kier alpha value is -2.37. The van der Waals surface area contributed by atoms with Crippen molar-refractivity contribution in [2.45, 2.75) is 50.7 Å². The molecule has 0 spiro atoms. The van der Waals surface area contributed by atoms with E-state index in [0.29, 0.717) is 13.1 Å². The minimum absolute atomic E-state index is 0.0152. The van der Waals surface area contributed by atoms with Crippen LogP contribution in [0.25, 0.3) is 0 Å². The van der Waals surface area contributed by atoms with Crippen LogP contribution in [0.4, 0.5) is 5.69 Å². The monoisotopic (exact) mass is 408 g/mol. The number of hydrogen-bond acceptors (Lipinski definition) is 4. The molecule has 5 nitrogen and oxygen atoms in total. The minimum Gasteiger partial charge on any atom is -0.497 e. The predicted molar refractivity (Wildman–Crippen MR) is 119 cm³/mol. The van der Waals surface area contributed by atoms with Gasteiger partial charge in [-0.1, -0.05) is 42.7 Å². The topological polar surface area (TPSA) is 61.8 Å². The van der Waals surface area contributed by atoms with Crippen molar-refractivity contribution in [2.24, 2.45) is 5.92 Å². The first-order valence-electron chi connectivity index (χ1n) is 11.0. The maximum Gasteiger partial charge on any atom is 0.238 e. The van der Waals surface area contributed by atoms with E-state index in [1.807, 2.05) is 43.3 Å². The molecule has 0 aromatic heterocycles. The number of ether oxygens (including phenoxy) is 1. The van der Waals surface area contributed by atoms with E-state index in [1.54, 1.807) is 7.11 Å². The fourth-order valence-electron chi connectivity index (χ4n) is 5.19. The van der Waals surface area contributed by atoms with E-state index < -0.39 is 5.60 Å². The van der Waals surface area contributed by atoms with Gasteiger partial charge in [-0.25, -0.2) is 0 Å². The third-order valence-electron chi connectivity index (χ3n) is 6.81. The van der Waals surface area contributed by atoms with E-state index in [0.717, 1.165) is 49.1 Å². The standard InChI is InChI=1S/C25H32N2O3/c1-18-6-10-20(11-7-18)26-23(28)17-27-16-15-25(29)14-4-3-5-22(25)24(27)19-8-12-21(30-2)13-9-19/h6-13,22,24,29H,3-5,14-17H2,1-2H3,(H,26,28)/t22-,24+,25+/m0/s1. The van der Waals surface area contributed by atoms with Gasteiger partial charge in [-0.2, -0.15) is 0 Å². The Bertz CT molecular complexity index is 865. The number of hydrogen-bond donors (Lipinski definition) is 2. The van der Waals surface area contributed by atoms with Crippen molar-refractivity contribution in [2.75, 3.05) is 25.5 Å². The van der Waals surface area contributed by atoms with Crippen LogP contribution >= 0.6 is 0 Å². The van der Waals surface area contributed by atoms with Crippen molar-refractivity contribution < 1.29 is 14.6 Å². The second kappa shape index (κ2) is 8.78. The second-order valence-corrected chi connectivity index (χ2v) is 8.81. The SMILES string of the molecule is COc1ccc([C@@H]2[C@@H]3CCCC[C@@]3(O)CCN2CC(=O)Nc2ccc(C)cc2)cc1. The summed E-state index contributed by atoms with van der Waals surface area (Å²) < 4.78 is 5.32. The molecule has 4 rings (SSSR count). The van der Waals surface area contributed by atoms with Crippen molar-refractivity contribution >= 4 is 11.6 Å². The largest absolute Gasteiger partial charge is 0.497 e. The number of piperidine rings is 1. The number of nitrogens with zero attached hydrogens (tertiary/aromatic N) is 1.